The van der Waals surface area contributed by atoms with Crippen LogP contribution in [0.15, 0.2) is 66.7 Å². The zero-order chi connectivity index (χ0) is 19.5. The van der Waals surface area contributed by atoms with E-state index >= 15 is 0 Å². The molecule has 0 aliphatic heterocycles. The standard InChI is InChI=1S/C24H25N3O/c1-17-23(18(2)27(26-17)20-9-5-4-6-10-20)16-25-15-19-13-14-24(28-3)22-12-8-7-11-21(19)22/h4-14,25H,15-16H2,1-3H3. The van der Waals surface area contributed by atoms with Gasteiger partial charge in [0.05, 0.1) is 18.5 Å². The van der Waals surface area contributed by atoms with Gasteiger partial charge >= 0.3 is 0 Å². The molecule has 28 heavy (non-hydrogen) atoms. The normalized spacial score (nSPS) is 11.1. The minimum absolute atomic E-state index is 0.783. The van der Waals surface area contributed by atoms with Gasteiger partial charge in [0.25, 0.3) is 0 Å². The number of para-hydroxylation sites is 1. The Balaban J connectivity index is 1.54. The van der Waals surface area contributed by atoms with E-state index in [2.05, 4.69) is 55.6 Å². The predicted molar refractivity (Wildman–Crippen MR) is 114 cm³/mol. The summed E-state index contributed by atoms with van der Waals surface area (Å²) in [6.07, 6.45) is 0. The highest BCUT2D eigenvalue weighted by molar-refractivity contribution is 5.91. The Labute approximate surface area is 165 Å². The van der Waals surface area contributed by atoms with Crippen molar-refractivity contribution < 1.29 is 4.74 Å². The molecule has 0 saturated heterocycles. The van der Waals surface area contributed by atoms with Crippen molar-refractivity contribution in [1.29, 1.82) is 0 Å². The topological polar surface area (TPSA) is 39.1 Å². The highest BCUT2D eigenvalue weighted by atomic mass is 16.5. The number of benzene rings is 3. The van der Waals surface area contributed by atoms with Gasteiger partial charge in [0.15, 0.2) is 0 Å². The lowest BCUT2D eigenvalue weighted by Gasteiger charge is -2.12. The van der Waals surface area contributed by atoms with E-state index in [-0.39, 0.29) is 0 Å². The van der Waals surface area contributed by atoms with E-state index in [0.717, 1.165) is 35.6 Å². The Morgan fingerprint density at radius 1 is 0.857 bits per heavy atom. The summed E-state index contributed by atoms with van der Waals surface area (Å²) in [5.41, 5.74) is 5.85. The molecule has 1 aromatic heterocycles. The fourth-order valence-corrected chi connectivity index (χ4v) is 3.74. The van der Waals surface area contributed by atoms with Gasteiger partial charge < -0.3 is 10.1 Å². The first-order valence-electron chi connectivity index (χ1n) is 9.55. The molecular formula is C24H25N3O. The van der Waals surface area contributed by atoms with Crippen LogP contribution >= 0.6 is 0 Å². The number of fused-ring (bicyclic) bond motifs is 1. The SMILES string of the molecule is COc1ccc(CNCc2c(C)nn(-c3ccccc3)c2C)c2ccccc12. The average Bonchev–Trinajstić information content (AvgIpc) is 3.02. The molecule has 0 unspecified atom stereocenters. The zero-order valence-electron chi connectivity index (χ0n) is 16.6. The fraction of sp³-hybridized carbons (Fsp3) is 0.208. The molecule has 0 amide bonds. The second-order valence-corrected chi connectivity index (χ2v) is 6.97. The fourth-order valence-electron chi connectivity index (χ4n) is 3.74. The number of methoxy groups -OCH3 is 1. The minimum Gasteiger partial charge on any atom is -0.496 e. The smallest absolute Gasteiger partial charge is 0.126 e. The summed E-state index contributed by atoms with van der Waals surface area (Å²) in [4.78, 5) is 0. The molecule has 0 aliphatic carbocycles. The number of ether oxygens (including phenoxy) is 1. The number of hydrogen-bond donors (Lipinski definition) is 1. The summed E-state index contributed by atoms with van der Waals surface area (Å²) in [6.45, 7) is 5.78. The van der Waals surface area contributed by atoms with Crippen LogP contribution in [0.5, 0.6) is 5.75 Å². The summed E-state index contributed by atoms with van der Waals surface area (Å²) in [5, 5.41) is 10.7. The lowest BCUT2D eigenvalue weighted by molar-refractivity contribution is 0.419. The number of nitrogens with zero attached hydrogens (tertiary/aromatic N) is 2. The second kappa shape index (κ2) is 7.87. The van der Waals surface area contributed by atoms with Crippen molar-refractivity contribution in [3.05, 3.63) is 89.2 Å². The maximum atomic E-state index is 5.50. The van der Waals surface area contributed by atoms with Gasteiger partial charge in [-0.25, -0.2) is 4.68 Å². The molecule has 0 radical (unpaired) electrons. The van der Waals surface area contributed by atoms with Crippen molar-refractivity contribution in [3.8, 4) is 11.4 Å². The van der Waals surface area contributed by atoms with E-state index in [0.29, 0.717) is 0 Å². The Bertz CT molecular complexity index is 1100. The van der Waals surface area contributed by atoms with Gasteiger partial charge in [0.2, 0.25) is 0 Å². The minimum atomic E-state index is 0.783. The summed E-state index contributed by atoms with van der Waals surface area (Å²) < 4.78 is 7.52. The quantitative estimate of drug-likeness (QED) is 0.522. The molecule has 0 saturated carbocycles. The Morgan fingerprint density at radius 2 is 1.57 bits per heavy atom. The lowest BCUT2D eigenvalue weighted by Crippen LogP contribution is -2.14. The van der Waals surface area contributed by atoms with Gasteiger partial charge in [0, 0.05) is 29.7 Å². The molecular weight excluding hydrogens is 346 g/mol. The van der Waals surface area contributed by atoms with Crippen LogP contribution < -0.4 is 10.1 Å². The van der Waals surface area contributed by atoms with Crippen molar-refractivity contribution in [2.24, 2.45) is 0 Å². The summed E-state index contributed by atoms with van der Waals surface area (Å²) in [5.74, 6) is 0.912. The molecule has 4 rings (SSSR count). The third-order valence-electron chi connectivity index (χ3n) is 5.25. The molecule has 1 heterocycles. The first-order valence-corrected chi connectivity index (χ1v) is 9.55. The monoisotopic (exact) mass is 371 g/mol. The van der Waals surface area contributed by atoms with Crippen molar-refractivity contribution in [2.45, 2.75) is 26.9 Å². The highest BCUT2D eigenvalue weighted by Crippen LogP contribution is 2.28. The number of hydrogen-bond acceptors (Lipinski definition) is 3. The second-order valence-electron chi connectivity index (χ2n) is 6.97. The Hall–Kier alpha value is -3.11. The lowest BCUT2D eigenvalue weighted by atomic mass is 10.0. The molecule has 3 aromatic carbocycles. The van der Waals surface area contributed by atoms with E-state index in [1.165, 1.54) is 22.2 Å². The van der Waals surface area contributed by atoms with Gasteiger partial charge in [-0.2, -0.15) is 5.10 Å². The van der Waals surface area contributed by atoms with E-state index < -0.39 is 0 Å². The molecule has 0 spiro atoms. The van der Waals surface area contributed by atoms with E-state index in [1.807, 2.05) is 35.0 Å². The number of aromatic nitrogens is 2. The van der Waals surface area contributed by atoms with Gasteiger partial charge in [0.1, 0.15) is 5.75 Å². The number of rotatable bonds is 6. The summed E-state index contributed by atoms with van der Waals surface area (Å²) >= 11 is 0. The van der Waals surface area contributed by atoms with Crippen LogP contribution in [-0.4, -0.2) is 16.9 Å². The van der Waals surface area contributed by atoms with Crippen LogP contribution in [0, 0.1) is 13.8 Å². The predicted octanol–water partition coefficient (Wildman–Crippen LogP) is 4.94. The average molecular weight is 371 g/mol. The van der Waals surface area contributed by atoms with Gasteiger partial charge in [-0.3, -0.25) is 0 Å². The van der Waals surface area contributed by atoms with Gasteiger partial charge in [-0.05, 0) is 43.0 Å². The van der Waals surface area contributed by atoms with Crippen molar-refractivity contribution >= 4 is 10.8 Å². The maximum absolute atomic E-state index is 5.50. The first-order chi connectivity index (χ1) is 13.7. The maximum Gasteiger partial charge on any atom is 0.126 e. The highest BCUT2D eigenvalue weighted by Gasteiger charge is 2.13. The molecule has 4 aromatic rings. The summed E-state index contributed by atoms with van der Waals surface area (Å²) in [7, 11) is 1.72. The van der Waals surface area contributed by atoms with Crippen LogP contribution in [0.25, 0.3) is 16.5 Å². The van der Waals surface area contributed by atoms with Gasteiger partial charge in [-0.15, -0.1) is 0 Å². The Kier molecular flexibility index (Phi) is 5.13. The molecule has 0 aliphatic rings. The van der Waals surface area contributed by atoms with E-state index in [9.17, 15) is 0 Å². The van der Waals surface area contributed by atoms with Crippen molar-refractivity contribution in [3.63, 3.8) is 0 Å². The third-order valence-corrected chi connectivity index (χ3v) is 5.25. The van der Waals surface area contributed by atoms with Crippen LogP contribution in [0.4, 0.5) is 0 Å². The third kappa shape index (κ3) is 3.39. The van der Waals surface area contributed by atoms with Gasteiger partial charge in [-0.1, -0.05) is 48.5 Å². The van der Waals surface area contributed by atoms with Crippen LogP contribution in [-0.2, 0) is 13.1 Å². The van der Waals surface area contributed by atoms with E-state index in [1.54, 1.807) is 7.11 Å². The largest absolute Gasteiger partial charge is 0.496 e. The van der Waals surface area contributed by atoms with Crippen LogP contribution in [0.1, 0.15) is 22.5 Å². The molecule has 0 bridgehead atoms. The molecule has 4 nitrogen and oxygen atoms in total. The van der Waals surface area contributed by atoms with E-state index in [4.69, 9.17) is 9.84 Å². The summed E-state index contributed by atoms with van der Waals surface area (Å²) in [6, 6.07) is 22.8. The first kappa shape index (κ1) is 18.3. The van der Waals surface area contributed by atoms with Crippen LogP contribution in [0.3, 0.4) is 0 Å². The zero-order valence-corrected chi connectivity index (χ0v) is 16.6. The van der Waals surface area contributed by atoms with Crippen molar-refractivity contribution in [1.82, 2.24) is 15.1 Å². The van der Waals surface area contributed by atoms with Crippen LogP contribution in [0.2, 0.25) is 0 Å². The molecule has 0 fully saturated rings. The number of aryl methyl sites for hydroxylation is 1. The molecule has 0 atom stereocenters. The molecule has 142 valence electrons. The number of nitrogens with one attached hydrogen (secondary N) is 1. The molecule has 1 N–H and O–H groups in total. The van der Waals surface area contributed by atoms with Crippen molar-refractivity contribution in [2.75, 3.05) is 7.11 Å². The Morgan fingerprint density at radius 3 is 2.32 bits per heavy atom. The molecule has 4 heteroatoms.